The van der Waals surface area contributed by atoms with Crippen molar-refractivity contribution in [2.24, 2.45) is 0 Å². The van der Waals surface area contributed by atoms with Crippen LogP contribution in [0.3, 0.4) is 0 Å². The van der Waals surface area contributed by atoms with Crippen LogP contribution in [-0.4, -0.2) is 26.9 Å². The monoisotopic (exact) mass is 441 g/mol. The zero-order chi connectivity index (χ0) is 22.0. The van der Waals surface area contributed by atoms with Crippen LogP contribution in [0.25, 0.3) is 6.08 Å². The van der Waals surface area contributed by atoms with Gasteiger partial charge >= 0.3 is 0 Å². The summed E-state index contributed by atoms with van der Waals surface area (Å²) in [4.78, 5) is 25.0. The second kappa shape index (κ2) is 8.89. The molecule has 8 nitrogen and oxygen atoms in total. The number of thiocarbonyl (C=S) groups is 1. The predicted octanol–water partition coefficient (Wildman–Crippen LogP) is 4.47. The van der Waals surface area contributed by atoms with Crippen LogP contribution < -0.4 is 10.1 Å². The average molecular weight is 442 g/mol. The summed E-state index contributed by atoms with van der Waals surface area (Å²) in [5.41, 5.74) is 0.980. The van der Waals surface area contributed by atoms with E-state index in [1.165, 1.54) is 12.5 Å². The van der Waals surface area contributed by atoms with Gasteiger partial charge in [0.25, 0.3) is 11.6 Å². The topological polar surface area (TPSA) is 97.8 Å². The SMILES string of the molecule is Cc1cc(OCc2ccc(/C=C3/NC(=S)N(C4CCCCC4)C3=O)o2)ccc1[N+](=O)[O-]. The number of nitro benzene ring substituents is 1. The zero-order valence-electron chi connectivity index (χ0n) is 17.1. The van der Waals surface area contributed by atoms with Crippen LogP contribution in [0.4, 0.5) is 5.69 Å². The smallest absolute Gasteiger partial charge is 0.276 e. The van der Waals surface area contributed by atoms with Crippen LogP contribution in [0.2, 0.25) is 0 Å². The Balaban J connectivity index is 1.40. The molecule has 1 aliphatic carbocycles. The molecule has 9 heteroatoms. The van der Waals surface area contributed by atoms with Crippen molar-refractivity contribution < 1.29 is 18.9 Å². The lowest BCUT2D eigenvalue weighted by Gasteiger charge is -2.29. The molecule has 1 N–H and O–H groups in total. The van der Waals surface area contributed by atoms with Crippen molar-refractivity contribution in [1.82, 2.24) is 10.2 Å². The number of carbonyl (C=O) groups is 1. The summed E-state index contributed by atoms with van der Waals surface area (Å²) in [6.07, 6.45) is 7.04. The molecule has 2 fully saturated rings. The molecule has 1 aromatic heterocycles. The summed E-state index contributed by atoms with van der Waals surface area (Å²) in [5.74, 6) is 1.48. The number of rotatable bonds is 6. The van der Waals surface area contributed by atoms with E-state index in [1.54, 1.807) is 42.2 Å². The average Bonchev–Trinajstić information content (AvgIpc) is 3.30. The third-order valence-corrected chi connectivity index (χ3v) is 5.86. The Bertz CT molecular complexity index is 1060. The molecule has 0 atom stereocenters. The zero-order valence-corrected chi connectivity index (χ0v) is 17.9. The quantitative estimate of drug-likeness (QED) is 0.306. The van der Waals surface area contributed by atoms with Gasteiger partial charge in [-0.1, -0.05) is 19.3 Å². The molecule has 2 heterocycles. The third-order valence-electron chi connectivity index (χ3n) is 5.56. The van der Waals surface area contributed by atoms with Gasteiger partial charge in [0.05, 0.1) is 4.92 Å². The van der Waals surface area contributed by atoms with E-state index >= 15 is 0 Å². The molecule has 162 valence electrons. The summed E-state index contributed by atoms with van der Waals surface area (Å²) in [6, 6.07) is 8.28. The lowest BCUT2D eigenvalue weighted by atomic mass is 9.94. The molecular formula is C22H23N3O5S. The van der Waals surface area contributed by atoms with Crippen LogP contribution in [0.15, 0.2) is 40.4 Å². The first kappa shape index (κ1) is 21.0. The number of nitrogens with zero attached hydrogens (tertiary/aromatic N) is 2. The van der Waals surface area contributed by atoms with Crippen molar-refractivity contribution in [2.75, 3.05) is 0 Å². The molecule has 0 spiro atoms. The van der Waals surface area contributed by atoms with Crippen LogP contribution in [-0.2, 0) is 11.4 Å². The van der Waals surface area contributed by atoms with Crippen molar-refractivity contribution >= 4 is 35.0 Å². The second-order valence-electron chi connectivity index (χ2n) is 7.75. The molecule has 31 heavy (non-hydrogen) atoms. The van der Waals surface area contributed by atoms with E-state index in [0.717, 1.165) is 25.7 Å². The number of nitro groups is 1. The minimum absolute atomic E-state index is 0.0492. The molecule has 2 aromatic rings. The first-order valence-electron chi connectivity index (χ1n) is 10.2. The van der Waals surface area contributed by atoms with E-state index < -0.39 is 4.92 Å². The molecule has 1 saturated carbocycles. The molecule has 0 radical (unpaired) electrons. The van der Waals surface area contributed by atoms with Gasteiger partial charge in [-0.3, -0.25) is 19.8 Å². The summed E-state index contributed by atoms with van der Waals surface area (Å²) in [7, 11) is 0. The maximum absolute atomic E-state index is 12.8. The number of hydrogen-bond acceptors (Lipinski definition) is 6. The second-order valence-corrected chi connectivity index (χ2v) is 8.14. The summed E-state index contributed by atoms with van der Waals surface area (Å²) in [5, 5.41) is 14.4. The van der Waals surface area contributed by atoms with Gasteiger partial charge in [0.1, 0.15) is 29.6 Å². The van der Waals surface area contributed by atoms with Gasteiger partial charge in [-0.25, -0.2) is 0 Å². The van der Waals surface area contributed by atoms with E-state index in [4.69, 9.17) is 21.4 Å². The van der Waals surface area contributed by atoms with Crippen LogP contribution in [0, 0.1) is 17.0 Å². The maximum atomic E-state index is 12.8. The van der Waals surface area contributed by atoms with E-state index in [-0.39, 0.29) is 24.2 Å². The fraction of sp³-hybridized carbons (Fsp3) is 0.364. The molecule has 2 aliphatic rings. The van der Waals surface area contributed by atoms with Crippen LogP contribution in [0.1, 0.15) is 49.2 Å². The summed E-state index contributed by atoms with van der Waals surface area (Å²) >= 11 is 5.39. The summed E-state index contributed by atoms with van der Waals surface area (Å²) in [6.45, 7) is 1.82. The molecule has 4 rings (SSSR count). The predicted molar refractivity (Wildman–Crippen MR) is 118 cm³/mol. The third kappa shape index (κ3) is 4.61. The van der Waals surface area contributed by atoms with Crippen molar-refractivity contribution in [3.63, 3.8) is 0 Å². The lowest BCUT2D eigenvalue weighted by molar-refractivity contribution is -0.385. The van der Waals surface area contributed by atoms with Gasteiger partial charge in [-0.2, -0.15) is 0 Å². The highest BCUT2D eigenvalue weighted by Gasteiger charge is 2.36. The Morgan fingerprint density at radius 2 is 2.06 bits per heavy atom. The van der Waals surface area contributed by atoms with Crippen molar-refractivity contribution in [3.05, 3.63) is 63.2 Å². The molecule has 1 saturated heterocycles. The highest BCUT2D eigenvalue weighted by Crippen LogP contribution is 2.27. The highest BCUT2D eigenvalue weighted by atomic mass is 32.1. The Hall–Kier alpha value is -3.20. The molecule has 0 bridgehead atoms. The van der Waals surface area contributed by atoms with Gasteiger partial charge in [0, 0.05) is 23.7 Å². The number of nitrogens with one attached hydrogen (secondary N) is 1. The fourth-order valence-electron chi connectivity index (χ4n) is 3.99. The number of carbonyl (C=O) groups excluding carboxylic acids is 1. The largest absolute Gasteiger partial charge is 0.486 e. The Labute approximate surface area is 185 Å². The standard InChI is InChI=1S/C22H23N3O5S/c1-14-11-16(9-10-20(14)25(27)28)29-13-18-8-7-17(30-18)12-19-21(26)24(22(31)23-19)15-5-3-2-4-6-15/h7-12,15H,2-6,13H2,1H3,(H,23,31)/b19-12+. The molecule has 1 amide bonds. The molecule has 0 unspecified atom stereocenters. The van der Waals surface area contributed by atoms with Gasteiger partial charge in [0.2, 0.25) is 0 Å². The van der Waals surface area contributed by atoms with E-state index in [9.17, 15) is 14.9 Å². The number of amides is 1. The Morgan fingerprint density at radius 3 is 2.77 bits per heavy atom. The van der Waals surface area contributed by atoms with Crippen molar-refractivity contribution in [3.8, 4) is 5.75 Å². The first-order chi connectivity index (χ1) is 14.9. The summed E-state index contributed by atoms with van der Waals surface area (Å²) < 4.78 is 11.4. The number of benzene rings is 1. The van der Waals surface area contributed by atoms with Gasteiger partial charge in [-0.05, 0) is 56.2 Å². The Kier molecular flexibility index (Phi) is 6.03. The Morgan fingerprint density at radius 1 is 1.29 bits per heavy atom. The first-order valence-corrected chi connectivity index (χ1v) is 10.7. The number of ether oxygens (including phenoxy) is 1. The fourth-order valence-corrected chi connectivity index (χ4v) is 4.33. The molecule has 1 aliphatic heterocycles. The molecular weight excluding hydrogens is 418 g/mol. The van der Waals surface area contributed by atoms with Crippen LogP contribution in [0.5, 0.6) is 5.75 Å². The highest BCUT2D eigenvalue weighted by molar-refractivity contribution is 7.80. The van der Waals surface area contributed by atoms with Gasteiger partial charge in [0.15, 0.2) is 5.11 Å². The maximum Gasteiger partial charge on any atom is 0.276 e. The lowest BCUT2D eigenvalue weighted by Crippen LogP contribution is -2.41. The minimum atomic E-state index is -0.426. The van der Waals surface area contributed by atoms with Gasteiger partial charge < -0.3 is 14.5 Å². The minimum Gasteiger partial charge on any atom is -0.486 e. The van der Waals surface area contributed by atoms with E-state index in [1.807, 2.05) is 0 Å². The number of aryl methyl sites for hydroxylation is 1. The van der Waals surface area contributed by atoms with Crippen molar-refractivity contribution in [2.45, 2.75) is 51.7 Å². The number of furan rings is 1. The van der Waals surface area contributed by atoms with Gasteiger partial charge in [-0.15, -0.1) is 0 Å². The van der Waals surface area contributed by atoms with E-state index in [2.05, 4.69) is 5.32 Å². The molecule has 1 aromatic carbocycles. The van der Waals surface area contributed by atoms with Crippen molar-refractivity contribution in [1.29, 1.82) is 0 Å². The van der Waals surface area contributed by atoms with E-state index in [0.29, 0.717) is 33.6 Å². The van der Waals surface area contributed by atoms with Crippen LogP contribution >= 0.6 is 12.2 Å². The normalized spacial score (nSPS) is 18.5. The number of hydrogen-bond donors (Lipinski definition) is 1.